The number of aliphatic hydroxyl groups is 1. The highest BCUT2D eigenvalue weighted by molar-refractivity contribution is 5.89. The molecule has 2 N–H and O–H groups in total. The van der Waals surface area contributed by atoms with E-state index in [1.807, 2.05) is 29.2 Å². The molecule has 6 nitrogen and oxygen atoms in total. The molecule has 2 amide bonds. The molecule has 6 heteroatoms. The molecule has 0 spiro atoms. The van der Waals surface area contributed by atoms with Crippen molar-refractivity contribution in [3.05, 3.63) is 65.7 Å². The normalized spacial score (nSPS) is 24.9. The van der Waals surface area contributed by atoms with Crippen molar-refractivity contribution < 1.29 is 14.6 Å². The molecule has 3 atom stereocenters. The number of hydrogen-bond acceptors (Lipinski definition) is 4. The Hall–Kier alpha value is -2.83. The van der Waals surface area contributed by atoms with Crippen LogP contribution in [-0.2, 0) is 0 Å². The predicted molar refractivity (Wildman–Crippen MR) is 135 cm³/mol. The van der Waals surface area contributed by atoms with Crippen LogP contribution in [0.1, 0.15) is 49.1 Å². The highest BCUT2D eigenvalue weighted by Gasteiger charge is 2.49. The minimum absolute atomic E-state index is 0.0678. The standard InChI is InChI=1S/C28H35N3O3/c1-34-24-14-12-23(13-15-24)29-28(33)30-16-4-5-17-31-25(18-30)27(26(31)19-32)22-10-8-21(9-11-22)20-6-2-3-7-20/h6,8-15,25-27,32H,2-5,7,16-19H2,1H3,(H,29,33)/t25-,26-,27+/m1/s1. The van der Waals surface area contributed by atoms with Crippen molar-refractivity contribution in [2.75, 3.05) is 38.7 Å². The van der Waals surface area contributed by atoms with Crippen molar-refractivity contribution in [3.8, 4) is 5.75 Å². The van der Waals surface area contributed by atoms with Gasteiger partial charge in [0.15, 0.2) is 0 Å². The fourth-order valence-electron chi connectivity index (χ4n) is 5.85. The van der Waals surface area contributed by atoms with Gasteiger partial charge < -0.3 is 20.1 Å². The number of amides is 2. The average Bonchev–Trinajstić information content (AvgIpc) is 3.39. The molecule has 3 aliphatic rings. The Morgan fingerprint density at radius 1 is 1.06 bits per heavy atom. The third-order valence-corrected chi connectivity index (χ3v) is 7.71. The first kappa shape index (κ1) is 22.9. The van der Waals surface area contributed by atoms with Gasteiger partial charge in [0.05, 0.1) is 13.7 Å². The first-order chi connectivity index (χ1) is 16.7. The summed E-state index contributed by atoms with van der Waals surface area (Å²) in [6.07, 6.45) is 7.93. The minimum atomic E-state index is -0.0678. The van der Waals surface area contributed by atoms with Crippen molar-refractivity contribution in [2.24, 2.45) is 0 Å². The van der Waals surface area contributed by atoms with E-state index in [4.69, 9.17) is 4.74 Å². The second-order valence-electron chi connectivity index (χ2n) is 9.64. The summed E-state index contributed by atoms with van der Waals surface area (Å²) in [5, 5.41) is 13.3. The van der Waals surface area contributed by atoms with Crippen LogP contribution in [0, 0.1) is 0 Å². The molecule has 0 radical (unpaired) electrons. The van der Waals surface area contributed by atoms with Crippen LogP contribution in [0.2, 0.25) is 0 Å². The number of ether oxygens (including phenoxy) is 1. The number of benzene rings is 2. The summed E-state index contributed by atoms with van der Waals surface area (Å²) in [6.45, 7) is 2.53. The van der Waals surface area contributed by atoms with Crippen LogP contribution in [0.15, 0.2) is 54.6 Å². The molecule has 1 aliphatic carbocycles. The fraction of sp³-hybridized carbons (Fsp3) is 0.464. The number of carbonyl (C=O) groups excluding carboxylic acids is 1. The van der Waals surface area contributed by atoms with Gasteiger partial charge in [0, 0.05) is 36.8 Å². The Morgan fingerprint density at radius 2 is 1.82 bits per heavy atom. The van der Waals surface area contributed by atoms with Crippen molar-refractivity contribution in [2.45, 2.75) is 50.1 Å². The van der Waals surface area contributed by atoms with Gasteiger partial charge in [-0.1, -0.05) is 30.3 Å². The van der Waals surface area contributed by atoms with Gasteiger partial charge in [-0.2, -0.15) is 0 Å². The van der Waals surface area contributed by atoms with E-state index in [9.17, 15) is 9.90 Å². The van der Waals surface area contributed by atoms with Crippen LogP contribution >= 0.6 is 0 Å². The number of rotatable bonds is 5. The zero-order valence-corrected chi connectivity index (χ0v) is 20.0. The largest absolute Gasteiger partial charge is 0.497 e. The van der Waals surface area contributed by atoms with Crippen molar-refractivity contribution in [1.29, 1.82) is 0 Å². The molecule has 2 fully saturated rings. The summed E-state index contributed by atoms with van der Waals surface area (Å²) in [5.41, 5.74) is 4.79. The number of aliphatic hydroxyl groups excluding tert-OH is 1. The molecular formula is C28H35N3O3. The molecule has 0 aromatic heterocycles. The zero-order valence-electron chi connectivity index (χ0n) is 20.0. The molecular weight excluding hydrogens is 426 g/mol. The van der Waals surface area contributed by atoms with Gasteiger partial charge in [0.25, 0.3) is 0 Å². The molecule has 5 rings (SSSR count). The smallest absolute Gasteiger partial charge is 0.321 e. The molecule has 2 aromatic rings. The number of allylic oxidation sites excluding steroid dienone is 2. The Kier molecular flexibility index (Phi) is 6.88. The van der Waals surface area contributed by atoms with Crippen molar-refractivity contribution in [3.63, 3.8) is 0 Å². The van der Waals surface area contributed by atoms with Gasteiger partial charge in [0.1, 0.15) is 5.75 Å². The third-order valence-electron chi connectivity index (χ3n) is 7.71. The maximum absolute atomic E-state index is 13.2. The lowest BCUT2D eigenvalue weighted by molar-refractivity contribution is -0.0585. The van der Waals surface area contributed by atoms with E-state index >= 15 is 0 Å². The number of anilines is 1. The first-order valence-corrected chi connectivity index (χ1v) is 12.5. The number of hydrogen-bond donors (Lipinski definition) is 2. The highest BCUT2D eigenvalue weighted by atomic mass is 16.5. The van der Waals surface area contributed by atoms with E-state index < -0.39 is 0 Å². The molecule has 2 aromatic carbocycles. The van der Waals surface area contributed by atoms with E-state index in [2.05, 4.69) is 40.6 Å². The summed E-state index contributed by atoms with van der Waals surface area (Å²) in [6, 6.07) is 16.6. The van der Waals surface area contributed by atoms with Gasteiger partial charge >= 0.3 is 6.03 Å². The number of urea groups is 1. The third kappa shape index (κ3) is 4.57. The lowest BCUT2D eigenvalue weighted by Gasteiger charge is -2.57. The van der Waals surface area contributed by atoms with Crippen LogP contribution in [0.25, 0.3) is 5.57 Å². The van der Waals surface area contributed by atoms with Crippen LogP contribution in [0.5, 0.6) is 5.75 Å². The second-order valence-corrected chi connectivity index (χ2v) is 9.64. The average molecular weight is 462 g/mol. The number of methoxy groups -OCH3 is 1. The van der Waals surface area contributed by atoms with Gasteiger partial charge in [-0.3, -0.25) is 4.90 Å². The molecule has 180 valence electrons. The maximum atomic E-state index is 13.2. The topological polar surface area (TPSA) is 65.0 Å². The monoisotopic (exact) mass is 461 g/mol. The van der Waals surface area contributed by atoms with E-state index in [1.165, 1.54) is 29.5 Å². The SMILES string of the molecule is COc1ccc(NC(=O)N2CCCCN3[C@H](CO)[C@@H](c4ccc(C5=CCCC5)cc4)[C@H]3C2)cc1. The summed E-state index contributed by atoms with van der Waals surface area (Å²) in [7, 11) is 1.63. The lowest BCUT2D eigenvalue weighted by Crippen LogP contribution is -2.68. The second kappa shape index (κ2) is 10.2. The summed E-state index contributed by atoms with van der Waals surface area (Å²) in [5.74, 6) is 0.994. The molecule has 2 heterocycles. The van der Waals surface area contributed by atoms with E-state index in [0.29, 0.717) is 6.54 Å². The molecule has 0 bridgehead atoms. The molecule has 0 saturated carbocycles. The quantitative estimate of drug-likeness (QED) is 0.676. The minimum Gasteiger partial charge on any atom is -0.497 e. The summed E-state index contributed by atoms with van der Waals surface area (Å²) >= 11 is 0. The van der Waals surface area contributed by atoms with E-state index in [0.717, 1.165) is 43.8 Å². The van der Waals surface area contributed by atoms with Gasteiger partial charge in [-0.05, 0) is 79.6 Å². The number of nitrogens with one attached hydrogen (secondary N) is 1. The van der Waals surface area contributed by atoms with Crippen molar-refractivity contribution in [1.82, 2.24) is 9.80 Å². The Balaban J connectivity index is 1.31. The van der Waals surface area contributed by atoms with Gasteiger partial charge in [0.2, 0.25) is 0 Å². The van der Waals surface area contributed by atoms with Crippen LogP contribution < -0.4 is 10.1 Å². The van der Waals surface area contributed by atoms with Crippen LogP contribution in [0.4, 0.5) is 10.5 Å². The van der Waals surface area contributed by atoms with Gasteiger partial charge in [-0.15, -0.1) is 0 Å². The van der Waals surface area contributed by atoms with Crippen LogP contribution in [-0.4, -0.2) is 66.4 Å². The Bertz CT molecular complexity index is 1020. The zero-order chi connectivity index (χ0) is 23.5. The summed E-state index contributed by atoms with van der Waals surface area (Å²) in [4.78, 5) is 17.5. The van der Waals surface area contributed by atoms with E-state index in [1.54, 1.807) is 7.11 Å². The Labute approximate surface area is 202 Å². The lowest BCUT2D eigenvalue weighted by atomic mass is 9.74. The molecule has 0 unspecified atom stereocenters. The first-order valence-electron chi connectivity index (χ1n) is 12.5. The highest BCUT2D eigenvalue weighted by Crippen LogP contribution is 2.42. The van der Waals surface area contributed by atoms with Gasteiger partial charge in [-0.25, -0.2) is 4.79 Å². The number of fused-ring (bicyclic) bond motifs is 1. The fourth-order valence-corrected chi connectivity index (χ4v) is 5.85. The number of nitrogens with zero attached hydrogens (tertiary/aromatic N) is 2. The van der Waals surface area contributed by atoms with Crippen LogP contribution in [0.3, 0.4) is 0 Å². The molecule has 2 saturated heterocycles. The number of carbonyl (C=O) groups is 1. The predicted octanol–water partition coefficient (Wildman–Crippen LogP) is 4.72. The Morgan fingerprint density at radius 3 is 2.50 bits per heavy atom. The van der Waals surface area contributed by atoms with E-state index in [-0.39, 0.29) is 30.6 Å². The van der Waals surface area contributed by atoms with Crippen molar-refractivity contribution >= 4 is 17.3 Å². The molecule has 2 aliphatic heterocycles. The summed E-state index contributed by atoms with van der Waals surface area (Å²) < 4.78 is 5.21. The molecule has 34 heavy (non-hydrogen) atoms. The maximum Gasteiger partial charge on any atom is 0.321 e.